The summed E-state index contributed by atoms with van der Waals surface area (Å²) in [7, 11) is 0. The molecule has 0 aliphatic carbocycles. The Bertz CT molecular complexity index is 506. The molecule has 2 nitrogen and oxygen atoms in total. The number of aryl methyl sites for hydroxylation is 2. The van der Waals surface area contributed by atoms with E-state index in [1.165, 1.54) is 16.7 Å². The van der Waals surface area contributed by atoms with Crippen molar-refractivity contribution < 1.29 is 0 Å². The maximum atomic E-state index is 4.28. The van der Waals surface area contributed by atoms with E-state index in [4.69, 9.17) is 0 Å². The molecule has 1 heterocycles. The first-order chi connectivity index (χ1) is 8.15. The molecule has 17 heavy (non-hydrogen) atoms. The van der Waals surface area contributed by atoms with Gasteiger partial charge < -0.3 is 5.32 Å². The Morgan fingerprint density at radius 3 is 2.59 bits per heavy atom. The highest BCUT2D eigenvalue weighted by Crippen LogP contribution is 2.13. The van der Waals surface area contributed by atoms with Crippen molar-refractivity contribution in [2.75, 3.05) is 5.32 Å². The average molecular weight is 291 g/mol. The molecule has 1 N–H and O–H groups in total. The summed E-state index contributed by atoms with van der Waals surface area (Å²) in [6.45, 7) is 5.06. The number of rotatable bonds is 3. The number of benzene rings is 1. The van der Waals surface area contributed by atoms with E-state index in [2.05, 4.69) is 58.3 Å². The highest BCUT2D eigenvalue weighted by atomic mass is 79.9. The first-order valence-corrected chi connectivity index (χ1v) is 6.36. The minimum atomic E-state index is 0.801. The van der Waals surface area contributed by atoms with Crippen LogP contribution >= 0.6 is 15.9 Å². The lowest BCUT2D eigenvalue weighted by Gasteiger charge is -2.07. The number of aromatic nitrogens is 1. The third kappa shape index (κ3) is 3.30. The van der Waals surface area contributed by atoms with Gasteiger partial charge in [-0.15, -0.1) is 0 Å². The number of hydrogen-bond donors (Lipinski definition) is 1. The molecule has 3 heteroatoms. The van der Waals surface area contributed by atoms with Crippen LogP contribution in [0.2, 0.25) is 0 Å². The molecule has 1 aromatic heterocycles. The van der Waals surface area contributed by atoms with Crippen LogP contribution in [0.4, 0.5) is 5.82 Å². The van der Waals surface area contributed by atoms with E-state index in [1.54, 1.807) is 6.20 Å². The lowest BCUT2D eigenvalue weighted by atomic mass is 10.1. The van der Waals surface area contributed by atoms with Gasteiger partial charge in [-0.05, 0) is 58.6 Å². The molecule has 0 bridgehead atoms. The smallest absolute Gasteiger partial charge is 0.126 e. The van der Waals surface area contributed by atoms with Gasteiger partial charge in [-0.25, -0.2) is 4.98 Å². The van der Waals surface area contributed by atoms with E-state index in [1.807, 2.05) is 12.1 Å². The van der Waals surface area contributed by atoms with Crippen LogP contribution < -0.4 is 5.32 Å². The second kappa shape index (κ2) is 5.32. The molecule has 0 fully saturated rings. The van der Waals surface area contributed by atoms with Gasteiger partial charge in [0.15, 0.2) is 0 Å². The number of halogens is 1. The Balaban J connectivity index is 2.02. The summed E-state index contributed by atoms with van der Waals surface area (Å²) >= 11 is 3.37. The molecule has 0 radical (unpaired) electrons. The normalized spacial score (nSPS) is 10.3. The van der Waals surface area contributed by atoms with E-state index < -0.39 is 0 Å². The fraction of sp³-hybridized carbons (Fsp3) is 0.214. The summed E-state index contributed by atoms with van der Waals surface area (Å²) in [6.07, 6.45) is 1.79. The molecule has 0 amide bonds. The van der Waals surface area contributed by atoms with Crippen LogP contribution in [-0.2, 0) is 6.54 Å². The third-order valence-electron chi connectivity index (χ3n) is 2.77. The standard InChI is InChI=1S/C14H15BrN2/c1-10-3-4-12(7-11(10)2)8-16-14-6-5-13(15)9-17-14/h3-7,9H,8H2,1-2H3,(H,16,17). The van der Waals surface area contributed by atoms with Gasteiger partial charge in [0.25, 0.3) is 0 Å². The van der Waals surface area contributed by atoms with Crippen LogP contribution in [0.25, 0.3) is 0 Å². The predicted octanol–water partition coefficient (Wildman–Crippen LogP) is 4.07. The lowest BCUT2D eigenvalue weighted by molar-refractivity contribution is 1.10. The van der Waals surface area contributed by atoms with E-state index >= 15 is 0 Å². The van der Waals surface area contributed by atoms with Gasteiger partial charge >= 0.3 is 0 Å². The van der Waals surface area contributed by atoms with Crippen LogP contribution in [0.1, 0.15) is 16.7 Å². The fourth-order valence-electron chi connectivity index (χ4n) is 1.59. The van der Waals surface area contributed by atoms with Crippen molar-refractivity contribution >= 4 is 21.7 Å². The molecule has 0 saturated heterocycles. The molecule has 0 aliphatic rings. The summed E-state index contributed by atoms with van der Waals surface area (Å²) in [5, 5.41) is 3.30. The number of nitrogens with one attached hydrogen (secondary N) is 1. The molecule has 0 atom stereocenters. The zero-order chi connectivity index (χ0) is 12.3. The maximum Gasteiger partial charge on any atom is 0.126 e. The van der Waals surface area contributed by atoms with Crippen LogP contribution in [0, 0.1) is 13.8 Å². The van der Waals surface area contributed by atoms with Gasteiger partial charge in [-0.2, -0.15) is 0 Å². The lowest BCUT2D eigenvalue weighted by Crippen LogP contribution is -2.01. The van der Waals surface area contributed by atoms with Gasteiger partial charge in [0, 0.05) is 17.2 Å². The summed E-state index contributed by atoms with van der Waals surface area (Å²) in [5.74, 6) is 0.895. The molecular formula is C14H15BrN2. The van der Waals surface area contributed by atoms with Crippen LogP contribution in [-0.4, -0.2) is 4.98 Å². The molecule has 0 saturated carbocycles. The largest absolute Gasteiger partial charge is 0.366 e. The van der Waals surface area contributed by atoms with E-state index in [-0.39, 0.29) is 0 Å². The van der Waals surface area contributed by atoms with Crippen molar-refractivity contribution in [3.05, 3.63) is 57.7 Å². The van der Waals surface area contributed by atoms with Crippen molar-refractivity contribution in [3.63, 3.8) is 0 Å². The predicted molar refractivity (Wildman–Crippen MR) is 75.2 cm³/mol. The van der Waals surface area contributed by atoms with Crippen molar-refractivity contribution in [1.29, 1.82) is 0 Å². The molecule has 0 spiro atoms. The molecule has 0 unspecified atom stereocenters. The number of pyridine rings is 1. The molecule has 88 valence electrons. The minimum Gasteiger partial charge on any atom is -0.366 e. The monoisotopic (exact) mass is 290 g/mol. The Morgan fingerprint density at radius 2 is 1.94 bits per heavy atom. The maximum absolute atomic E-state index is 4.28. The number of anilines is 1. The Morgan fingerprint density at radius 1 is 1.12 bits per heavy atom. The van der Waals surface area contributed by atoms with E-state index in [0.717, 1.165) is 16.8 Å². The molecule has 0 aliphatic heterocycles. The molecule has 2 rings (SSSR count). The van der Waals surface area contributed by atoms with Crippen LogP contribution in [0.3, 0.4) is 0 Å². The Labute approximate surface area is 110 Å². The van der Waals surface area contributed by atoms with Gasteiger partial charge in [-0.3, -0.25) is 0 Å². The van der Waals surface area contributed by atoms with Crippen molar-refractivity contribution in [2.45, 2.75) is 20.4 Å². The fourth-order valence-corrected chi connectivity index (χ4v) is 1.82. The topological polar surface area (TPSA) is 24.9 Å². The van der Waals surface area contributed by atoms with E-state index in [9.17, 15) is 0 Å². The SMILES string of the molecule is Cc1ccc(CNc2ccc(Br)cn2)cc1C. The van der Waals surface area contributed by atoms with Gasteiger partial charge in [0.05, 0.1) is 0 Å². The Hall–Kier alpha value is -1.35. The third-order valence-corrected chi connectivity index (χ3v) is 3.24. The first-order valence-electron chi connectivity index (χ1n) is 5.57. The molecule has 2 aromatic rings. The highest BCUT2D eigenvalue weighted by Gasteiger charge is 1.97. The van der Waals surface area contributed by atoms with Crippen LogP contribution in [0.15, 0.2) is 41.0 Å². The van der Waals surface area contributed by atoms with Crippen molar-refractivity contribution in [1.82, 2.24) is 4.98 Å². The summed E-state index contributed by atoms with van der Waals surface area (Å²) in [4.78, 5) is 4.28. The number of nitrogens with zero attached hydrogens (tertiary/aromatic N) is 1. The van der Waals surface area contributed by atoms with Gasteiger partial charge in [0.1, 0.15) is 5.82 Å². The Kier molecular flexibility index (Phi) is 3.79. The van der Waals surface area contributed by atoms with E-state index in [0.29, 0.717) is 0 Å². The zero-order valence-corrected chi connectivity index (χ0v) is 11.6. The summed E-state index contributed by atoms with van der Waals surface area (Å²) in [5.41, 5.74) is 3.93. The number of hydrogen-bond acceptors (Lipinski definition) is 2. The quantitative estimate of drug-likeness (QED) is 0.922. The summed E-state index contributed by atoms with van der Waals surface area (Å²) in [6, 6.07) is 10.5. The average Bonchev–Trinajstić information content (AvgIpc) is 2.33. The highest BCUT2D eigenvalue weighted by molar-refractivity contribution is 9.10. The minimum absolute atomic E-state index is 0.801. The second-order valence-corrected chi connectivity index (χ2v) is 5.05. The molecule has 1 aromatic carbocycles. The summed E-state index contributed by atoms with van der Waals surface area (Å²) < 4.78 is 0.995. The first kappa shape index (κ1) is 12.1. The van der Waals surface area contributed by atoms with Crippen molar-refractivity contribution in [2.24, 2.45) is 0 Å². The second-order valence-electron chi connectivity index (χ2n) is 4.13. The van der Waals surface area contributed by atoms with Gasteiger partial charge in [-0.1, -0.05) is 18.2 Å². The molecular weight excluding hydrogens is 276 g/mol. The van der Waals surface area contributed by atoms with Crippen molar-refractivity contribution in [3.8, 4) is 0 Å². The van der Waals surface area contributed by atoms with Crippen LogP contribution in [0.5, 0.6) is 0 Å². The zero-order valence-electron chi connectivity index (χ0n) is 10.00. The van der Waals surface area contributed by atoms with Gasteiger partial charge in [0.2, 0.25) is 0 Å².